The lowest BCUT2D eigenvalue weighted by atomic mass is 9.93. The van der Waals surface area contributed by atoms with Gasteiger partial charge in [-0.05, 0) is 56.2 Å². The summed E-state index contributed by atoms with van der Waals surface area (Å²) in [6.07, 6.45) is 2.19. The van der Waals surface area contributed by atoms with Crippen molar-refractivity contribution in [3.05, 3.63) is 87.6 Å². The van der Waals surface area contributed by atoms with E-state index in [1.165, 1.54) is 12.1 Å². The molecule has 0 spiro atoms. The molecule has 1 aliphatic carbocycles. The van der Waals surface area contributed by atoms with Gasteiger partial charge in [0.05, 0.1) is 22.0 Å². The van der Waals surface area contributed by atoms with Crippen LogP contribution in [0.5, 0.6) is 0 Å². The first kappa shape index (κ1) is 21.6. The number of carbonyl (C=O) groups excluding carboxylic acids is 2. The second kappa shape index (κ2) is 9.23. The molecule has 0 saturated heterocycles. The first-order chi connectivity index (χ1) is 15.4. The number of halogens is 2. The molecule has 0 saturated carbocycles. The van der Waals surface area contributed by atoms with E-state index in [-0.39, 0.29) is 22.2 Å². The number of rotatable bonds is 4. The van der Waals surface area contributed by atoms with Crippen LogP contribution in [-0.2, 0) is 6.42 Å². The number of anilines is 1. The standard InChI is InChI=1S/C23H20ClFN4O3/c1-13-20-18(27-26-15-11-9-14(25)10-12-15)7-4-8-19(20)32-21(13)23(31)29-28-22(30)16-5-2-3-6-17(16)24/h2-3,5-6,9-12,26H,4,7-8H2,1H3,(H,28,30)(H,29,31)/b27-18+. The van der Waals surface area contributed by atoms with Gasteiger partial charge in [-0.1, -0.05) is 23.7 Å². The van der Waals surface area contributed by atoms with Crippen molar-refractivity contribution in [2.45, 2.75) is 26.2 Å². The molecule has 9 heteroatoms. The molecule has 2 amide bonds. The minimum absolute atomic E-state index is 0.103. The lowest BCUT2D eigenvalue weighted by molar-refractivity contribution is 0.0829. The highest BCUT2D eigenvalue weighted by Crippen LogP contribution is 2.30. The number of furan rings is 1. The number of fused-ring (bicyclic) bond motifs is 1. The highest BCUT2D eigenvalue weighted by atomic mass is 35.5. The molecule has 32 heavy (non-hydrogen) atoms. The van der Waals surface area contributed by atoms with Crippen molar-refractivity contribution in [3.63, 3.8) is 0 Å². The zero-order valence-corrected chi connectivity index (χ0v) is 17.9. The lowest BCUT2D eigenvalue weighted by Gasteiger charge is -2.13. The predicted molar refractivity (Wildman–Crippen MR) is 119 cm³/mol. The Morgan fingerprint density at radius 2 is 1.75 bits per heavy atom. The zero-order valence-electron chi connectivity index (χ0n) is 17.2. The van der Waals surface area contributed by atoms with Gasteiger partial charge in [-0.2, -0.15) is 5.10 Å². The Balaban J connectivity index is 1.50. The summed E-state index contributed by atoms with van der Waals surface area (Å²) in [4.78, 5) is 25.0. The van der Waals surface area contributed by atoms with Crippen LogP contribution in [0.15, 0.2) is 58.0 Å². The molecule has 3 N–H and O–H groups in total. The summed E-state index contributed by atoms with van der Waals surface area (Å²) in [5.74, 6) is -0.681. The van der Waals surface area contributed by atoms with Gasteiger partial charge in [0.1, 0.15) is 11.6 Å². The molecule has 1 heterocycles. The van der Waals surface area contributed by atoms with Crippen molar-refractivity contribution >= 4 is 34.8 Å². The first-order valence-corrected chi connectivity index (χ1v) is 10.4. The summed E-state index contributed by atoms with van der Waals surface area (Å²) in [6, 6.07) is 12.4. The second-order valence-electron chi connectivity index (χ2n) is 7.27. The van der Waals surface area contributed by atoms with Crippen LogP contribution in [0, 0.1) is 12.7 Å². The van der Waals surface area contributed by atoms with Crippen LogP contribution in [0.4, 0.5) is 10.1 Å². The van der Waals surface area contributed by atoms with Crippen molar-refractivity contribution in [3.8, 4) is 0 Å². The molecule has 7 nitrogen and oxygen atoms in total. The SMILES string of the molecule is Cc1c(C(=O)NNC(=O)c2ccccc2Cl)oc2c1/C(=N/Nc1ccc(F)cc1)CCC2. The predicted octanol–water partition coefficient (Wildman–Crippen LogP) is 4.61. The Morgan fingerprint density at radius 1 is 1.03 bits per heavy atom. The number of hydrazone groups is 1. The Labute approximate surface area is 188 Å². The third-order valence-electron chi connectivity index (χ3n) is 5.10. The normalized spacial score (nSPS) is 14.0. The maximum atomic E-state index is 13.1. The molecule has 0 atom stereocenters. The topological polar surface area (TPSA) is 95.7 Å². The number of nitrogens with zero attached hydrogens (tertiary/aromatic N) is 1. The number of carbonyl (C=O) groups is 2. The lowest BCUT2D eigenvalue weighted by Crippen LogP contribution is -2.41. The van der Waals surface area contributed by atoms with Crippen LogP contribution in [0.3, 0.4) is 0 Å². The smallest absolute Gasteiger partial charge is 0.305 e. The molecule has 0 radical (unpaired) electrons. The third-order valence-corrected chi connectivity index (χ3v) is 5.43. The van der Waals surface area contributed by atoms with Gasteiger partial charge in [0.2, 0.25) is 0 Å². The van der Waals surface area contributed by atoms with Crippen molar-refractivity contribution in [1.82, 2.24) is 10.9 Å². The van der Waals surface area contributed by atoms with Crippen LogP contribution in [0.25, 0.3) is 0 Å². The Hall–Kier alpha value is -3.65. The van der Waals surface area contributed by atoms with Crippen molar-refractivity contribution in [2.24, 2.45) is 5.10 Å². The highest BCUT2D eigenvalue weighted by molar-refractivity contribution is 6.33. The summed E-state index contributed by atoms with van der Waals surface area (Å²) in [6.45, 7) is 1.77. The first-order valence-electron chi connectivity index (χ1n) is 10.00. The van der Waals surface area contributed by atoms with Crippen LogP contribution in [-0.4, -0.2) is 17.5 Å². The van der Waals surface area contributed by atoms with Gasteiger partial charge in [-0.15, -0.1) is 0 Å². The van der Waals surface area contributed by atoms with Crippen LogP contribution in [0.2, 0.25) is 5.02 Å². The monoisotopic (exact) mass is 454 g/mol. The largest absolute Gasteiger partial charge is 0.455 e. The zero-order chi connectivity index (χ0) is 22.7. The van der Waals surface area contributed by atoms with Crippen LogP contribution < -0.4 is 16.3 Å². The van der Waals surface area contributed by atoms with E-state index in [0.717, 1.165) is 17.7 Å². The van der Waals surface area contributed by atoms with Gasteiger partial charge in [-0.25, -0.2) is 4.39 Å². The number of hydrazine groups is 1. The van der Waals surface area contributed by atoms with E-state index >= 15 is 0 Å². The minimum Gasteiger partial charge on any atom is -0.455 e. The van der Waals surface area contributed by atoms with Crippen molar-refractivity contribution < 1.29 is 18.4 Å². The van der Waals surface area contributed by atoms with Gasteiger partial charge in [0.15, 0.2) is 5.76 Å². The number of hydrogen-bond donors (Lipinski definition) is 3. The van der Waals surface area contributed by atoms with Gasteiger partial charge in [0.25, 0.3) is 5.91 Å². The fourth-order valence-electron chi connectivity index (χ4n) is 3.54. The molecular weight excluding hydrogens is 435 g/mol. The summed E-state index contributed by atoms with van der Waals surface area (Å²) in [5, 5.41) is 4.73. The number of aryl methyl sites for hydroxylation is 1. The molecular formula is C23H20ClFN4O3. The summed E-state index contributed by atoms with van der Waals surface area (Å²) in [5.41, 5.74) is 10.7. The van der Waals surface area contributed by atoms with Gasteiger partial charge in [0, 0.05) is 17.5 Å². The van der Waals surface area contributed by atoms with E-state index in [9.17, 15) is 14.0 Å². The van der Waals surface area contributed by atoms with Gasteiger partial charge < -0.3 is 4.42 Å². The molecule has 3 aromatic rings. The molecule has 1 aliphatic rings. The summed E-state index contributed by atoms with van der Waals surface area (Å²) >= 11 is 6.01. The molecule has 0 fully saturated rings. The second-order valence-corrected chi connectivity index (χ2v) is 7.68. The quantitative estimate of drug-likeness (QED) is 0.502. The van der Waals surface area contributed by atoms with E-state index in [1.807, 2.05) is 0 Å². The number of benzene rings is 2. The molecule has 4 rings (SSSR count). The van der Waals surface area contributed by atoms with Crippen LogP contribution in [0.1, 0.15) is 50.6 Å². The summed E-state index contributed by atoms with van der Waals surface area (Å²) in [7, 11) is 0. The van der Waals surface area contributed by atoms with E-state index in [2.05, 4.69) is 21.4 Å². The maximum Gasteiger partial charge on any atom is 0.305 e. The Morgan fingerprint density at radius 3 is 2.50 bits per heavy atom. The average Bonchev–Trinajstić information content (AvgIpc) is 3.14. The van der Waals surface area contributed by atoms with E-state index < -0.39 is 11.8 Å². The molecule has 0 bridgehead atoms. The number of amides is 2. The number of nitrogens with one attached hydrogen (secondary N) is 3. The van der Waals surface area contributed by atoms with E-state index in [4.69, 9.17) is 16.0 Å². The van der Waals surface area contributed by atoms with Crippen molar-refractivity contribution in [1.29, 1.82) is 0 Å². The number of hydrogen-bond acceptors (Lipinski definition) is 5. The average molecular weight is 455 g/mol. The minimum atomic E-state index is -0.580. The fourth-order valence-corrected chi connectivity index (χ4v) is 3.76. The van der Waals surface area contributed by atoms with Gasteiger partial charge in [-0.3, -0.25) is 25.9 Å². The molecule has 0 unspecified atom stereocenters. The highest BCUT2D eigenvalue weighted by Gasteiger charge is 2.28. The van der Waals surface area contributed by atoms with Crippen molar-refractivity contribution in [2.75, 3.05) is 5.43 Å². The van der Waals surface area contributed by atoms with Gasteiger partial charge >= 0.3 is 5.91 Å². The third kappa shape index (κ3) is 4.50. The summed E-state index contributed by atoms with van der Waals surface area (Å²) < 4.78 is 18.9. The fraction of sp³-hybridized carbons (Fsp3) is 0.174. The Kier molecular flexibility index (Phi) is 6.23. The van der Waals surface area contributed by atoms with E-state index in [1.54, 1.807) is 43.3 Å². The Bertz CT molecular complexity index is 1200. The maximum absolute atomic E-state index is 13.1. The van der Waals surface area contributed by atoms with Crippen LogP contribution >= 0.6 is 11.6 Å². The van der Waals surface area contributed by atoms with E-state index in [0.29, 0.717) is 29.9 Å². The molecule has 0 aliphatic heterocycles. The molecule has 2 aromatic carbocycles. The molecule has 1 aromatic heterocycles. The molecule has 164 valence electrons.